The van der Waals surface area contributed by atoms with E-state index in [1.807, 2.05) is 17.5 Å². The first-order valence-electron chi connectivity index (χ1n) is 9.75. The van der Waals surface area contributed by atoms with Crippen molar-refractivity contribution in [2.75, 3.05) is 26.8 Å². The van der Waals surface area contributed by atoms with Gasteiger partial charge in [-0.3, -0.25) is 4.99 Å². The quantitative estimate of drug-likeness (QED) is 0.384. The van der Waals surface area contributed by atoms with E-state index in [1.54, 1.807) is 24.6 Å². The van der Waals surface area contributed by atoms with Gasteiger partial charge in [0.15, 0.2) is 5.96 Å². The standard InChI is InChI=1S/C20H30N4O2S/c1-3-25-11-10-20(8-4-5-9-20)15-23-19(21-2)22-13-16-14-26-18(24-16)17-7-6-12-27-17/h6-7,12,14H,3-5,8-11,13,15H2,1-2H3,(H2,21,22,23). The van der Waals surface area contributed by atoms with Crippen LogP contribution in [0.1, 0.15) is 44.7 Å². The van der Waals surface area contributed by atoms with Gasteiger partial charge in [-0.25, -0.2) is 4.98 Å². The first-order chi connectivity index (χ1) is 13.2. The zero-order chi connectivity index (χ0) is 19.0. The molecule has 148 valence electrons. The van der Waals surface area contributed by atoms with Crippen LogP contribution in [0.25, 0.3) is 10.8 Å². The maximum atomic E-state index is 5.60. The Morgan fingerprint density at radius 3 is 2.93 bits per heavy atom. The lowest BCUT2D eigenvalue weighted by Gasteiger charge is -2.30. The van der Waals surface area contributed by atoms with Crippen molar-refractivity contribution in [3.8, 4) is 10.8 Å². The summed E-state index contributed by atoms with van der Waals surface area (Å²) in [4.78, 5) is 9.94. The molecule has 2 heterocycles. The normalized spacial score (nSPS) is 16.6. The van der Waals surface area contributed by atoms with E-state index in [2.05, 4.69) is 27.5 Å². The van der Waals surface area contributed by atoms with Gasteiger partial charge in [0.25, 0.3) is 0 Å². The molecule has 2 aromatic rings. The van der Waals surface area contributed by atoms with Crippen LogP contribution in [0, 0.1) is 5.41 Å². The van der Waals surface area contributed by atoms with Crippen molar-refractivity contribution in [3.63, 3.8) is 0 Å². The Labute approximate surface area is 165 Å². The topological polar surface area (TPSA) is 71.7 Å². The third-order valence-electron chi connectivity index (χ3n) is 5.22. The average molecular weight is 391 g/mol. The fourth-order valence-corrected chi connectivity index (χ4v) is 4.30. The SMILES string of the molecule is CCOCCC1(CNC(=NC)NCc2coc(-c3cccs3)n2)CCCC1. The lowest BCUT2D eigenvalue weighted by Crippen LogP contribution is -2.43. The Morgan fingerprint density at radius 2 is 2.22 bits per heavy atom. The van der Waals surface area contributed by atoms with Crippen molar-refractivity contribution in [1.29, 1.82) is 0 Å². The average Bonchev–Trinajstić information content (AvgIpc) is 3.44. The summed E-state index contributed by atoms with van der Waals surface area (Å²) < 4.78 is 11.2. The molecule has 0 saturated heterocycles. The smallest absolute Gasteiger partial charge is 0.236 e. The Hall–Kier alpha value is -1.86. The first kappa shape index (κ1) is 19.9. The second kappa shape index (κ2) is 9.90. The fourth-order valence-electron chi connectivity index (χ4n) is 3.64. The number of hydrogen-bond acceptors (Lipinski definition) is 5. The van der Waals surface area contributed by atoms with Gasteiger partial charge >= 0.3 is 0 Å². The molecule has 27 heavy (non-hydrogen) atoms. The Kier molecular flexibility index (Phi) is 7.29. The summed E-state index contributed by atoms with van der Waals surface area (Å²) >= 11 is 1.63. The van der Waals surface area contributed by atoms with Gasteiger partial charge in [0.05, 0.1) is 17.1 Å². The highest BCUT2D eigenvalue weighted by molar-refractivity contribution is 7.13. The van der Waals surface area contributed by atoms with E-state index in [1.165, 1.54) is 25.7 Å². The molecule has 0 spiro atoms. The predicted molar refractivity (Wildman–Crippen MR) is 110 cm³/mol. The van der Waals surface area contributed by atoms with Crippen LogP contribution in [-0.2, 0) is 11.3 Å². The van der Waals surface area contributed by atoms with Gasteiger partial charge in [-0.2, -0.15) is 0 Å². The highest BCUT2D eigenvalue weighted by Crippen LogP contribution is 2.40. The molecule has 1 fully saturated rings. The number of hydrogen-bond donors (Lipinski definition) is 2. The van der Waals surface area contributed by atoms with E-state index in [0.717, 1.165) is 42.7 Å². The number of nitrogens with one attached hydrogen (secondary N) is 2. The summed E-state index contributed by atoms with van der Waals surface area (Å²) in [6.45, 7) is 5.20. The predicted octanol–water partition coefficient (Wildman–Crippen LogP) is 4.06. The van der Waals surface area contributed by atoms with E-state index < -0.39 is 0 Å². The number of aliphatic imine (C=N–C) groups is 1. The van der Waals surface area contributed by atoms with Gasteiger partial charge in [0.2, 0.25) is 5.89 Å². The zero-order valence-electron chi connectivity index (χ0n) is 16.3. The van der Waals surface area contributed by atoms with Crippen LogP contribution < -0.4 is 10.6 Å². The van der Waals surface area contributed by atoms with Crippen LogP contribution >= 0.6 is 11.3 Å². The highest BCUT2D eigenvalue weighted by atomic mass is 32.1. The number of rotatable bonds is 9. The number of aromatic nitrogens is 1. The van der Waals surface area contributed by atoms with Crippen LogP contribution in [0.2, 0.25) is 0 Å². The summed E-state index contributed by atoms with van der Waals surface area (Å²) in [6, 6.07) is 4.01. The molecule has 7 heteroatoms. The van der Waals surface area contributed by atoms with Gasteiger partial charge < -0.3 is 19.8 Å². The minimum Gasteiger partial charge on any atom is -0.443 e. The largest absolute Gasteiger partial charge is 0.443 e. The number of ether oxygens (including phenoxy) is 1. The summed E-state index contributed by atoms with van der Waals surface area (Å²) in [6.07, 6.45) is 7.96. The van der Waals surface area contributed by atoms with Gasteiger partial charge in [-0.05, 0) is 43.0 Å². The van der Waals surface area contributed by atoms with Crippen LogP contribution in [0.3, 0.4) is 0 Å². The molecule has 0 bridgehead atoms. The molecule has 0 unspecified atom stereocenters. The zero-order valence-corrected chi connectivity index (χ0v) is 17.1. The molecule has 0 amide bonds. The van der Waals surface area contributed by atoms with E-state index in [-0.39, 0.29) is 0 Å². The van der Waals surface area contributed by atoms with E-state index in [9.17, 15) is 0 Å². The number of nitrogens with zero attached hydrogens (tertiary/aromatic N) is 2. The summed E-state index contributed by atoms with van der Waals surface area (Å²) in [5.74, 6) is 1.48. The van der Waals surface area contributed by atoms with Crippen LogP contribution in [0.15, 0.2) is 33.2 Å². The van der Waals surface area contributed by atoms with E-state index in [0.29, 0.717) is 17.9 Å². The molecule has 1 saturated carbocycles. The lowest BCUT2D eigenvalue weighted by molar-refractivity contribution is 0.105. The summed E-state index contributed by atoms with van der Waals surface area (Å²) in [5.41, 5.74) is 1.20. The van der Waals surface area contributed by atoms with Gasteiger partial charge in [0, 0.05) is 26.8 Å². The van der Waals surface area contributed by atoms with Gasteiger partial charge in [-0.15, -0.1) is 11.3 Å². The number of oxazole rings is 1. The Bertz CT molecular complexity index is 705. The third kappa shape index (κ3) is 5.56. The molecule has 1 aliphatic carbocycles. The molecule has 6 nitrogen and oxygen atoms in total. The molecular formula is C20H30N4O2S. The molecular weight excluding hydrogens is 360 g/mol. The van der Waals surface area contributed by atoms with Crippen molar-refractivity contribution in [2.45, 2.75) is 45.6 Å². The molecule has 0 atom stereocenters. The maximum Gasteiger partial charge on any atom is 0.236 e. The fraction of sp³-hybridized carbons (Fsp3) is 0.600. The van der Waals surface area contributed by atoms with Gasteiger partial charge in [0.1, 0.15) is 6.26 Å². The maximum absolute atomic E-state index is 5.60. The molecule has 2 N–H and O–H groups in total. The van der Waals surface area contributed by atoms with E-state index in [4.69, 9.17) is 9.15 Å². The number of thiophene rings is 1. The van der Waals surface area contributed by atoms with Crippen molar-refractivity contribution >= 4 is 17.3 Å². The third-order valence-corrected chi connectivity index (χ3v) is 6.08. The van der Waals surface area contributed by atoms with Crippen molar-refractivity contribution in [3.05, 3.63) is 29.5 Å². The summed E-state index contributed by atoms with van der Waals surface area (Å²) in [5, 5.41) is 8.87. The highest BCUT2D eigenvalue weighted by Gasteiger charge is 2.33. The van der Waals surface area contributed by atoms with Crippen LogP contribution in [-0.4, -0.2) is 37.7 Å². The number of guanidine groups is 1. The molecule has 1 aliphatic rings. The van der Waals surface area contributed by atoms with Crippen LogP contribution in [0.5, 0.6) is 0 Å². The molecule has 2 aromatic heterocycles. The van der Waals surface area contributed by atoms with Crippen molar-refractivity contribution < 1.29 is 9.15 Å². The Morgan fingerprint density at radius 1 is 1.37 bits per heavy atom. The molecule has 0 aromatic carbocycles. The minimum atomic E-state index is 0.326. The van der Waals surface area contributed by atoms with E-state index >= 15 is 0 Å². The van der Waals surface area contributed by atoms with Crippen molar-refractivity contribution in [1.82, 2.24) is 15.6 Å². The summed E-state index contributed by atoms with van der Waals surface area (Å²) in [7, 11) is 1.80. The Balaban J connectivity index is 1.49. The lowest BCUT2D eigenvalue weighted by atomic mass is 9.83. The van der Waals surface area contributed by atoms with Gasteiger partial charge in [-0.1, -0.05) is 18.9 Å². The molecule has 0 aliphatic heterocycles. The molecule has 0 radical (unpaired) electrons. The minimum absolute atomic E-state index is 0.326. The van der Waals surface area contributed by atoms with Crippen LogP contribution in [0.4, 0.5) is 0 Å². The first-order valence-corrected chi connectivity index (χ1v) is 10.6. The second-order valence-corrected chi connectivity index (χ2v) is 8.00. The monoisotopic (exact) mass is 390 g/mol. The molecule has 3 rings (SSSR count). The van der Waals surface area contributed by atoms with Crippen molar-refractivity contribution in [2.24, 2.45) is 10.4 Å². The second-order valence-electron chi connectivity index (χ2n) is 7.05.